The fraction of sp³-hybridized carbons (Fsp3) is 0.462. The van der Waals surface area contributed by atoms with Gasteiger partial charge in [-0.05, 0) is 32.9 Å². The van der Waals surface area contributed by atoms with Gasteiger partial charge in [0.2, 0.25) is 5.91 Å². The number of nitriles is 1. The van der Waals surface area contributed by atoms with Crippen molar-refractivity contribution < 1.29 is 4.79 Å². The van der Waals surface area contributed by atoms with Crippen molar-refractivity contribution in [3.05, 3.63) is 24.0 Å². The molecule has 96 valence electrons. The van der Waals surface area contributed by atoms with Crippen molar-refractivity contribution in [1.82, 2.24) is 10.3 Å². The number of nitrogens with one attached hydrogen (secondary N) is 1. The van der Waals surface area contributed by atoms with E-state index in [2.05, 4.69) is 10.3 Å². The van der Waals surface area contributed by atoms with Gasteiger partial charge in [0.25, 0.3) is 0 Å². The zero-order chi connectivity index (χ0) is 13.5. The van der Waals surface area contributed by atoms with Crippen LogP contribution in [0.2, 0.25) is 0 Å². The maximum Gasteiger partial charge on any atom is 0.239 e. The molecule has 5 heteroatoms. The van der Waals surface area contributed by atoms with Gasteiger partial charge in [0.1, 0.15) is 11.8 Å². The summed E-state index contributed by atoms with van der Waals surface area (Å²) >= 11 is 0. The first-order chi connectivity index (χ1) is 8.56. The molecular weight excluding hydrogens is 228 g/mol. The molecule has 1 N–H and O–H groups in total. The van der Waals surface area contributed by atoms with Crippen LogP contribution in [0, 0.1) is 11.3 Å². The van der Waals surface area contributed by atoms with E-state index in [9.17, 15) is 4.79 Å². The minimum Gasteiger partial charge on any atom is -0.361 e. The smallest absolute Gasteiger partial charge is 0.239 e. The molecule has 0 aliphatic heterocycles. The van der Waals surface area contributed by atoms with Crippen molar-refractivity contribution in [2.24, 2.45) is 0 Å². The third-order valence-corrected chi connectivity index (χ3v) is 2.39. The van der Waals surface area contributed by atoms with Gasteiger partial charge in [0.05, 0.1) is 18.4 Å². The van der Waals surface area contributed by atoms with Gasteiger partial charge in [-0.15, -0.1) is 0 Å². The molecule has 1 amide bonds. The first-order valence-corrected chi connectivity index (χ1v) is 5.97. The summed E-state index contributed by atoms with van der Waals surface area (Å²) in [6.07, 6.45) is 1.62. The Morgan fingerprint density at radius 3 is 2.72 bits per heavy atom. The van der Waals surface area contributed by atoms with Crippen molar-refractivity contribution in [3.8, 4) is 6.07 Å². The lowest BCUT2D eigenvalue weighted by Gasteiger charge is -2.22. The first-order valence-electron chi connectivity index (χ1n) is 5.97. The Bertz CT molecular complexity index is 433. The van der Waals surface area contributed by atoms with Crippen LogP contribution in [0.15, 0.2) is 18.3 Å². The van der Waals surface area contributed by atoms with Gasteiger partial charge in [-0.2, -0.15) is 5.26 Å². The second-order valence-corrected chi connectivity index (χ2v) is 4.25. The van der Waals surface area contributed by atoms with E-state index in [0.29, 0.717) is 18.8 Å². The molecule has 1 aromatic rings. The normalized spacial score (nSPS) is 9.94. The van der Waals surface area contributed by atoms with Crippen LogP contribution in [0.5, 0.6) is 0 Å². The minimum absolute atomic E-state index is 0.0174. The number of pyridine rings is 1. The SMILES string of the molecule is CCN(CC(=O)NC(C)C)c1ccc(C#N)nc1. The van der Waals surface area contributed by atoms with Gasteiger partial charge < -0.3 is 10.2 Å². The van der Waals surface area contributed by atoms with Crippen molar-refractivity contribution in [2.45, 2.75) is 26.8 Å². The molecule has 0 bridgehead atoms. The van der Waals surface area contributed by atoms with Crippen molar-refractivity contribution >= 4 is 11.6 Å². The maximum atomic E-state index is 11.7. The largest absolute Gasteiger partial charge is 0.361 e. The Balaban J connectivity index is 2.71. The average molecular weight is 246 g/mol. The summed E-state index contributed by atoms with van der Waals surface area (Å²) in [5.74, 6) is -0.0174. The third kappa shape index (κ3) is 4.06. The molecular formula is C13H18N4O. The van der Waals surface area contributed by atoms with Crippen LogP contribution in [0.3, 0.4) is 0 Å². The number of carbonyl (C=O) groups excluding carboxylic acids is 1. The Hall–Kier alpha value is -2.09. The monoisotopic (exact) mass is 246 g/mol. The van der Waals surface area contributed by atoms with Crippen LogP contribution in [-0.4, -0.2) is 30.0 Å². The van der Waals surface area contributed by atoms with Gasteiger partial charge in [0, 0.05) is 12.6 Å². The second kappa shape index (κ2) is 6.60. The number of hydrogen-bond donors (Lipinski definition) is 1. The minimum atomic E-state index is -0.0174. The molecule has 0 fully saturated rings. The van der Waals surface area contributed by atoms with Crippen LogP contribution in [-0.2, 0) is 4.79 Å². The summed E-state index contributed by atoms with van der Waals surface area (Å²) in [7, 11) is 0. The fourth-order valence-electron chi connectivity index (χ4n) is 1.57. The Morgan fingerprint density at radius 2 is 2.28 bits per heavy atom. The standard InChI is InChI=1S/C13H18N4O/c1-4-17(9-13(18)16-10(2)3)12-6-5-11(7-14)15-8-12/h5-6,8,10H,4,9H2,1-3H3,(H,16,18). The van der Waals surface area contributed by atoms with Crippen molar-refractivity contribution in [1.29, 1.82) is 5.26 Å². The summed E-state index contributed by atoms with van der Waals surface area (Å²) in [5.41, 5.74) is 1.22. The van der Waals surface area contributed by atoms with Crippen LogP contribution < -0.4 is 10.2 Å². The van der Waals surface area contributed by atoms with E-state index in [-0.39, 0.29) is 11.9 Å². The Morgan fingerprint density at radius 1 is 1.56 bits per heavy atom. The van der Waals surface area contributed by atoms with Crippen molar-refractivity contribution in [3.63, 3.8) is 0 Å². The van der Waals surface area contributed by atoms with Crippen LogP contribution in [0.1, 0.15) is 26.5 Å². The number of likely N-dealkylation sites (N-methyl/N-ethyl adjacent to an activating group) is 1. The van der Waals surface area contributed by atoms with Gasteiger partial charge in [0.15, 0.2) is 0 Å². The molecule has 0 atom stereocenters. The quantitative estimate of drug-likeness (QED) is 0.850. The highest BCUT2D eigenvalue weighted by atomic mass is 16.2. The van der Waals surface area contributed by atoms with E-state index >= 15 is 0 Å². The molecule has 0 aliphatic rings. The van der Waals surface area contributed by atoms with E-state index in [1.54, 1.807) is 18.3 Å². The lowest BCUT2D eigenvalue weighted by Crippen LogP contribution is -2.40. The first kappa shape index (κ1) is 14.0. The summed E-state index contributed by atoms with van der Waals surface area (Å²) in [5, 5.41) is 11.5. The van der Waals surface area contributed by atoms with E-state index < -0.39 is 0 Å². The lowest BCUT2D eigenvalue weighted by atomic mass is 10.3. The maximum absolute atomic E-state index is 11.7. The number of rotatable bonds is 5. The molecule has 0 radical (unpaired) electrons. The number of hydrogen-bond acceptors (Lipinski definition) is 4. The highest BCUT2D eigenvalue weighted by Crippen LogP contribution is 2.12. The topological polar surface area (TPSA) is 69.0 Å². The number of carbonyl (C=O) groups is 1. The molecule has 18 heavy (non-hydrogen) atoms. The van der Waals surface area contributed by atoms with E-state index in [4.69, 9.17) is 5.26 Å². The molecule has 0 saturated carbocycles. The van der Waals surface area contributed by atoms with E-state index in [0.717, 1.165) is 5.69 Å². The molecule has 1 rings (SSSR count). The number of amides is 1. The van der Waals surface area contributed by atoms with E-state index in [1.165, 1.54) is 0 Å². The Labute approximate surface area is 107 Å². The van der Waals surface area contributed by atoms with E-state index in [1.807, 2.05) is 31.7 Å². The second-order valence-electron chi connectivity index (χ2n) is 4.25. The summed E-state index contributed by atoms with van der Waals surface area (Å²) in [4.78, 5) is 17.6. The van der Waals surface area contributed by atoms with Crippen LogP contribution in [0.25, 0.3) is 0 Å². The Kier molecular flexibility index (Phi) is 5.12. The van der Waals surface area contributed by atoms with Gasteiger partial charge in [-0.3, -0.25) is 4.79 Å². The predicted octanol–water partition coefficient (Wildman–Crippen LogP) is 1.30. The molecule has 1 heterocycles. The van der Waals surface area contributed by atoms with Crippen LogP contribution >= 0.6 is 0 Å². The van der Waals surface area contributed by atoms with Crippen LogP contribution in [0.4, 0.5) is 5.69 Å². The predicted molar refractivity (Wildman–Crippen MR) is 70.1 cm³/mol. The zero-order valence-corrected chi connectivity index (χ0v) is 11.0. The number of aromatic nitrogens is 1. The summed E-state index contributed by atoms with van der Waals surface area (Å²) in [6, 6.07) is 5.56. The zero-order valence-electron chi connectivity index (χ0n) is 11.0. The average Bonchev–Trinajstić information content (AvgIpc) is 2.35. The number of anilines is 1. The molecule has 1 aromatic heterocycles. The molecule has 0 saturated heterocycles. The lowest BCUT2D eigenvalue weighted by molar-refractivity contribution is -0.120. The summed E-state index contributed by atoms with van der Waals surface area (Å²) in [6.45, 7) is 6.83. The van der Waals surface area contributed by atoms with Gasteiger partial charge in [-0.25, -0.2) is 4.98 Å². The molecule has 0 spiro atoms. The van der Waals surface area contributed by atoms with Gasteiger partial charge in [-0.1, -0.05) is 0 Å². The highest BCUT2D eigenvalue weighted by Gasteiger charge is 2.11. The third-order valence-electron chi connectivity index (χ3n) is 2.39. The highest BCUT2D eigenvalue weighted by molar-refractivity contribution is 5.81. The molecule has 0 aromatic carbocycles. The van der Waals surface area contributed by atoms with Gasteiger partial charge >= 0.3 is 0 Å². The molecule has 0 aliphatic carbocycles. The molecule has 0 unspecified atom stereocenters. The molecule has 5 nitrogen and oxygen atoms in total. The number of nitrogens with zero attached hydrogens (tertiary/aromatic N) is 3. The van der Waals surface area contributed by atoms with Crippen molar-refractivity contribution in [2.75, 3.05) is 18.0 Å². The summed E-state index contributed by atoms with van der Waals surface area (Å²) < 4.78 is 0. The fourth-order valence-corrected chi connectivity index (χ4v) is 1.57.